The fraction of sp³-hybridized carbons (Fsp3) is 0.667. The molecule has 1 aromatic rings. The first-order chi connectivity index (χ1) is 15.8. The lowest BCUT2D eigenvalue weighted by atomic mass is 10.1. The Morgan fingerprint density at radius 2 is 1.64 bits per heavy atom. The van der Waals surface area contributed by atoms with Gasteiger partial charge in [-0.2, -0.15) is 5.26 Å². The Balaban J connectivity index is 1.25. The van der Waals surface area contributed by atoms with E-state index in [9.17, 15) is 4.79 Å². The van der Waals surface area contributed by atoms with Gasteiger partial charge in [-0.15, -0.1) is 0 Å². The second-order valence-electron chi connectivity index (χ2n) is 9.51. The molecule has 1 N–H and O–H groups in total. The van der Waals surface area contributed by atoms with Gasteiger partial charge >= 0.3 is 6.09 Å². The third-order valence-corrected chi connectivity index (χ3v) is 5.38. The van der Waals surface area contributed by atoms with Gasteiger partial charge in [-0.3, -0.25) is 9.80 Å². The van der Waals surface area contributed by atoms with E-state index in [1.807, 2.05) is 20.8 Å². The lowest BCUT2D eigenvalue weighted by molar-refractivity contribution is -0.141. The summed E-state index contributed by atoms with van der Waals surface area (Å²) in [6, 6.07) is 9.15. The fourth-order valence-corrected chi connectivity index (χ4v) is 3.98. The quantitative estimate of drug-likeness (QED) is 0.529. The highest BCUT2D eigenvalue weighted by molar-refractivity contribution is 5.68. The number of hydrogen-bond donors (Lipinski definition) is 1. The lowest BCUT2D eigenvalue weighted by Gasteiger charge is -2.45. The van der Waals surface area contributed by atoms with E-state index in [-0.39, 0.29) is 23.8 Å². The van der Waals surface area contributed by atoms with Gasteiger partial charge in [0.05, 0.1) is 37.1 Å². The van der Waals surface area contributed by atoms with Gasteiger partial charge in [0, 0.05) is 44.8 Å². The SMILES string of the molecule is CC(C)(C)NC(=O)OCCN1CC2CN(CCOCCOc3ccc(C#N)cc3)CC(C1)O2. The molecule has 1 aromatic carbocycles. The van der Waals surface area contributed by atoms with E-state index in [1.165, 1.54) is 0 Å². The first kappa shape index (κ1) is 25.2. The van der Waals surface area contributed by atoms with Crippen LogP contribution in [-0.2, 0) is 14.2 Å². The molecule has 2 heterocycles. The molecule has 0 radical (unpaired) electrons. The van der Waals surface area contributed by atoms with Crippen molar-refractivity contribution in [2.45, 2.75) is 38.5 Å². The van der Waals surface area contributed by atoms with Crippen molar-refractivity contribution in [1.29, 1.82) is 5.26 Å². The molecule has 2 saturated heterocycles. The zero-order chi connectivity index (χ0) is 23.7. The third kappa shape index (κ3) is 9.18. The number of nitriles is 1. The molecule has 2 aliphatic rings. The molecule has 2 unspecified atom stereocenters. The maximum atomic E-state index is 11.8. The van der Waals surface area contributed by atoms with E-state index in [1.54, 1.807) is 24.3 Å². The minimum atomic E-state index is -0.371. The molecule has 1 amide bonds. The molecule has 9 heteroatoms. The summed E-state index contributed by atoms with van der Waals surface area (Å²) in [5.41, 5.74) is 0.326. The molecule has 0 aromatic heterocycles. The third-order valence-electron chi connectivity index (χ3n) is 5.38. The highest BCUT2D eigenvalue weighted by Crippen LogP contribution is 2.19. The number of nitrogens with one attached hydrogen (secondary N) is 1. The van der Waals surface area contributed by atoms with Crippen molar-refractivity contribution >= 4 is 6.09 Å². The van der Waals surface area contributed by atoms with Crippen molar-refractivity contribution in [3.8, 4) is 11.8 Å². The number of hydrogen-bond acceptors (Lipinski definition) is 8. The molecular formula is C24H36N4O5. The minimum absolute atomic E-state index is 0.167. The first-order valence-electron chi connectivity index (χ1n) is 11.6. The van der Waals surface area contributed by atoms with E-state index in [0.29, 0.717) is 32.0 Å². The second kappa shape index (κ2) is 12.2. The van der Waals surface area contributed by atoms with Gasteiger partial charge in [0.15, 0.2) is 0 Å². The monoisotopic (exact) mass is 460 g/mol. The summed E-state index contributed by atoms with van der Waals surface area (Å²) in [6.07, 6.45) is -0.0364. The number of alkyl carbamates (subject to hydrolysis) is 1. The number of benzene rings is 1. The maximum Gasteiger partial charge on any atom is 0.407 e. The molecule has 3 rings (SSSR count). The average molecular weight is 461 g/mol. The van der Waals surface area contributed by atoms with Gasteiger partial charge in [-0.05, 0) is 45.0 Å². The van der Waals surface area contributed by atoms with Crippen molar-refractivity contribution in [2.75, 3.05) is 65.7 Å². The number of carbonyl (C=O) groups excluding carboxylic acids is 1. The molecule has 2 atom stereocenters. The Hall–Kier alpha value is -2.38. The van der Waals surface area contributed by atoms with Crippen LogP contribution >= 0.6 is 0 Å². The molecule has 2 aliphatic heterocycles. The zero-order valence-electron chi connectivity index (χ0n) is 19.9. The van der Waals surface area contributed by atoms with E-state index in [4.69, 9.17) is 24.2 Å². The molecule has 182 valence electrons. The predicted molar refractivity (Wildman–Crippen MR) is 123 cm³/mol. The van der Waals surface area contributed by atoms with Crippen LogP contribution in [0.5, 0.6) is 5.75 Å². The van der Waals surface area contributed by atoms with Gasteiger partial charge in [-0.25, -0.2) is 4.79 Å². The summed E-state index contributed by atoms with van der Waals surface area (Å²) in [5, 5.41) is 11.6. The topological polar surface area (TPSA) is 96.3 Å². The van der Waals surface area contributed by atoms with E-state index < -0.39 is 0 Å². The molecule has 2 bridgehead atoms. The summed E-state index contributed by atoms with van der Waals surface area (Å²) in [6.45, 7) is 12.8. The Morgan fingerprint density at radius 1 is 1.03 bits per heavy atom. The molecule has 9 nitrogen and oxygen atoms in total. The highest BCUT2D eigenvalue weighted by atomic mass is 16.5. The number of morpholine rings is 2. The van der Waals surface area contributed by atoms with Crippen LogP contribution < -0.4 is 10.1 Å². The van der Waals surface area contributed by atoms with Gasteiger partial charge < -0.3 is 24.3 Å². The van der Waals surface area contributed by atoms with Crippen molar-refractivity contribution < 1.29 is 23.7 Å². The van der Waals surface area contributed by atoms with Crippen LogP contribution in [0.25, 0.3) is 0 Å². The van der Waals surface area contributed by atoms with E-state index in [2.05, 4.69) is 21.2 Å². The number of rotatable bonds is 10. The molecule has 33 heavy (non-hydrogen) atoms. The van der Waals surface area contributed by atoms with Crippen LogP contribution in [0.1, 0.15) is 26.3 Å². The second-order valence-corrected chi connectivity index (χ2v) is 9.51. The summed E-state index contributed by atoms with van der Waals surface area (Å²) in [5.74, 6) is 0.739. The Kier molecular flexibility index (Phi) is 9.32. The van der Waals surface area contributed by atoms with Crippen LogP contribution in [0.2, 0.25) is 0 Å². The van der Waals surface area contributed by atoms with Crippen LogP contribution in [-0.4, -0.2) is 99.3 Å². The Bertz CT molecular complexity index is 776. The van der Waals surface area contributed by atoms with Crippen LogP contribution in [0.15, 0.2) is 24.3 Å². The van der Waals surface area contributed by atoms with Gasteiger partial charge in [0.25, 0.3) is 0 Å². The fourth-order valence-electron chi connectivity index (χ4n) is 3.98. The van der Waals surface area contributed by atoms with Crippen molar-refractivity contribution in [1.82, 2.24) is 15.1 Å². The highest BCUT2D eigenvalue weighted by Gasteiger charge is 2.34. The number of amides is 1. The molecule has 0 saturated carbocycles. The number of carbonyl (C=O) groups is 1. The van der Waals surface area contributed by atoms with Gasteiger partial charge in [-0.1, -0.05) is 0 Å². The van der Waals surface area contributed by atoms with Gasteiger partial charge in [0.2, 0.25) is 0 Å². The maximum absolute atomic E-state index is 11.8. The Morgan fingerprint density at radius 3 is 2.21 bits per heavy atom. The average Bonchev–Trinajstić information content (AvgIpc) is 2.75. The molecule has 0 spiro atoms. The molecule has 0 aliphatic carbocycles. The standard InChI is InChI=1S/C24H36N4O5/c1-24(2,3)26-23(29)32-11-9-28-17-21-15-27(16-22(18-28)33-21)8-10-30-12-13-31-20-6-4-19(14-25)5-7-20/h4-7,21-22H,8-13,15-18H2,1-3H3,(H,26,29). The summed E-state index contributed by atoms with van der Waals surface area (Å²) < 4.78 is 22.8. The van der Waals surface area contributed by atoms with Crippen LogP contribution in [0, 0.1) is 11.3 Å². The normalized spacial score (nSPS) is 21.3. The van der Waals surface area contributed by atoms with E-state index >= 15 is 0 Å². The van der Waals surface area contributed by atoms with E-state index in [0.717, 1.165) is 45.0 Å². The number of nitrogens with zero attached hydrogens (tertiary/aromatic N) is 3. The summed E-state index contributed by atoms with van der Waals surface area (Å²) in [7, 11) is 0. The zero-order valence-corrected chi connectivity index (χ0v) is 19.9. The van der Waals surface area contributed by atoms with Crippen molar-refractivity contribution in [2.24, 2.45) is 0 Å². The lowest BCUT2D eigenvalue weighted by Crippen LogP contribution is -2.60. The summed E-state index contributed by atoms with van der Waals surface area (Å²) >= 11 is 0. The Labute approximate surface area is 196 Å². The van der Waals surface area contributed by atoms with Crippen molar-refractivity contribution in [3.63, 3.8) is 0 Å². The molecular weight excluding hydrogens is 424 g/mol. The minimum Gasteiger partial charge on any atom is -0.491 e. The number of ether oxygens (including phenoxy) is 4. The van der Waals surface area contributed by atoms with Crippen LogP contribution in [0.4, 0.5) is 4.79 Å². The smallest absolute Gasteiger partial charge is 0.407 e. The first-order valence-corrected chi connectivity index (χ1v) is 11.6. The summed E-state index contributed by atoms with van der Waals surface area (Å²) in [4.78, 5) is 16.5. The predicted octanol–water partition coefficient (Wildman–Crippen LogP) is 1.86. The molecule has 2 fully saturated rings. The van der Waals surface area contributed by atoms with Gasteiger partial charge in [0.1, 0.15) is 19.0 Å². The largest absolute Gasteiger partial charge is 0.491 e. The van der Waals surface area contributed by atoms with Crippen molar-refractivity contribution in [3.05, 3.63) is 29.8 Å². The van der Waals surface area contributed by atoms with Crippen LogP contribution in [0.3, 0.4) is 0 Å². The number of fused-ring (bicyclic) bond motifs is 2.